The predicted octanol–water partition coefficient (Wildman–Crippen LogP) is 1.77. The summed E-state index contributed by atoms with van der Waals surface area (Å²) in [4.78, 5) is 29.2. The zero-order chi connectivity index (χ0) is 14.3. The summed E-state index contributed by atoms with van der Waals surface area (Å²) in [5.74, 6) is -0.524. The fourth-order valence-corrected chi connectivity index (χ4v) is 2.04. The molecule has 1 aromatic rings. The van der Waals surface area contributed by atoms with Crippen molar-refractivity contribution in [2.45, 2.75) is 19.1 Å². The summed E-state index contributed by atoms with van der Waals surface area (Å²) < 4.78 is 20.7. The molecule has 0 aromatic heterocycles. The van der Waals surface area contributed by atoms with Crippen molar-refractivity contribution in [3.63, 3.8) is 0 Å². The number of hydrogen-bond donors (Lipinski definition) is 2. The molecule has 0 heterocycles. The van der Waals surface area contributed by atoms with E-state index in [1.165, 1.54) is 7.11 Å². The maximum absolute atomic E-state index is 11.7. The van der Waals surface area contributed by atoms with Gasteiger partial charge in [-0.2, -0.15) is 0 Å². The van der Waals surface area contributed by atoms with Gasteiger partial charge in [0.1, 0.15) is 0 Å². The first kappa shape index (κ1) is 15.9. The number of esters is 1. The summed E-state index contributed by atoms with van der Waals surface area (Å²) in [6, 6.07) is 8.44. The van der Waals surface area contributed by atoms with Crippen LogP contribution in [0.1, 0.15) is 23.2 Å². The topological polar surface area (TPSA) is 93.1 Å². The Balaban J connectivity index is 2.44. The van der Waals surface area contributed by atoms with E-state index in [1.807, 2.05) is 0 Å². The second-order valence-corrected chi connectivity index (χ2v) is 5.74. The Labute approximate surface area is 111 Å². The molecule has 0 spiro atoms. The fraction of sp³-hybridized carbons (Fsp3) is 0.417. The highest BCUT2D eigenvalue weighted by Crippen LogP contribution is 2.35. The van der Waals surface area contributed by atoms with E-state index in [9.17, 15) is 9.36 Å². The van der Waals surface area contributed by atoms with E-state index in [1.54, 1.807) is 30.3 Å². The lowest BCUT2D eigenvalue weighted by Crippen LogP contribution is -2.20. The predicted molar refractivity (Wildman–Crippen MR) is 68.8 cm³/mol. The Morgan fingerprint density at radius 2 is 1.95 bits per heavy atom. The molecule has 2 N–H and O–H groups in total. The van der Waals surface area contributed by atoms with E-state index < -0.39 is 19.9 Å². The third kappa shape index (κ3) is 6.50. The standard InChI is InChI=1S/C12H17O6P/c1-17-11(8-5-9-19(14,15)16)18-12(13)10-6-3-2-4-7-10/h2-4,6-7,11H,5,8-9H2,1H3,(H2,14,15,16). The summed E-state index contributed by atoms with van der Waals surface area (Å²) in [5, 5.41) is 0. The van der Waals surface area contributed by atoms with Crippen LogP contribution in [0.5, 0.6) is 0 Å². The van der Waals surface area contributed by atoms with E-state index in [0.717, 1.165) is 0 Å². The molecular weight excluding hydrogens is 271 g/mol. The van der Waals surface area contributed by atoms with Crippen LogP contribution in [0, 0.1) is 0 Å². The molecule has 0 amide bonds. The number of ether oxygens (including phenoxy) is 2. The summed E-state index contributed by atoms with van der Waals surface area (Å²) in [6.07, 6.45) is -0.611. The largest absolute Gasteiger partial charge is 0.432 e. The maximum atomic E-state index is 11.7. The number of carbonyl (C=O) groups excluding carboxylic acids is 1. The highest BCUT2D eigenvalue weighted by atomic mass is 31.2. The normalized spacial score (nSPS) is 13.0. The molecule has 1 aromatic carbocycles. The van der Waals surface area contributed by atoms with Gasteiger partial charge in [-0.05, 0) is 18.6 Å². The van der Waals surface area contributed by atoms with E-state index in [4.69, 9.17) is 19.3 Å². The molecule has 1 unspecified atom stereocenters. The van der Waals surface area contributed by atoms with Gasteiger partial charge in [-0.3, -0.25) is 4.57 Å². The van der Waals surface area contributed by atoms with Crippen LogP contribution in [0.2, 0.25) is 0 Å². The molecule has 0 saturated heterocycles. The summed E-state index contributed by atoms with van der Waals surface area (Å²) in [7, 11) is -2.65. The summed E-state index contributed by atoms with van der Waals surface area (Å²) >= 11 is 0. The Kier molecular flexibility index (Phi) is 6.18. The van der Waals surface area contributed by atoms with E-state index in [0.29, 0.717) is 5.56 Å². The molecule has 0 aliphatic heterocycles. The second kappa shape index (κ2) is 7.40. The van der Waals surface area contributed by atoms with Gasteiger partial charge in [-0.1, -0.05) is 18.2 Å². The first-order valence-electron chi connectivity index (χ1n) is 5.76. The SMILES string of the molecule is COC(CCCP(=O)(O)O)OC(=O)c1ccccc1. The molecule has 0 saturated carbocycles. The van der Waals surface area contributed by atoms with Gasteiger partial charge in [0.05, 0.1) is 11.7 Å². The van der Waals surface area contributed by atoms with Gasteiger partial charge in [0.15, 0.2) is 0 Å². The minimum Gasteiger partial charge on any atom is -0.432 e. The van der Waals surface area contributed by atoms with Gasteiger partial charge in [-0.15, -0.1) is 0 Å². The third-order valence-corrected chi connectivity index (χ3v) is 3.30. The van der Waals surface area contributed by atoms with Crippen molar-refractivity contribution in [2.75, 3.05) is 13.3 Å². The molecule has 7 heteroatoms. The molecule has 0 radical (unpaired) electrons. The van der Waals surface area contributed by atoms with Crippen LogP contribution < -0.4 is 0 Å². The van der Waals surface area contributed by atoms with E-state index >= 15 is 0 Å². The average Bonchev–Trinajstić information content (AvgIpc) is 2.37. The molecule has 6 nitrogen and oxygen atoms in total. The first-order valence-corrected chi connectivity index (χ1v) is 7.55. The fourth-order valence-electron chi connectivity index (χ4n) is 1.45. The lowest BCUT2D eigenvalue weighted by Gasteiger charge is -2.16. The van der Waals surface area contributed by atoms with Crippen molar-refractivity contribution >= 4 is 13.6 Å². The van der Waals surface area contributed by atoms with Gasteiger partial charge in [-0.25, -0.2) is 4.79 Å². The van der Waals surface area contributed by atoms with Crippen molar-refractivity contribution in [3.05, 3.63) is 35.9 Å². The highest BCUT2D eigenvalue weighted by Gasteiger charge is 2.18. The monoisotopic (exact) mass is 288 g/mol. The summed E-state index contributed by atoms with van der Waals surface area (Å²) in [6.45, 7) is 0. The van der Waals surface area contributed by atoms with Crippen molar-refractivity contribution in [2.24, 2.45) is 0 Å². The number of methoxy groups -OCH3 is 1. The molecule has 0 bridgehead atoms. The quantitative estimate of drug-likeness (QED) is 0.451. The van der Waals surface area contributed by atoms with Gasteiger partial charge < -0.3 is 19.3 Å². The van der Waals surface area contributed by atoms with Crippen LogP contribution >= 0.6 is 7.60 Å². The molecule has 106 valence electrons. The Bertz CT molecular complexity index is 441. The van der Waals surface area contributed by atoms with Gasteiger partial charge in [0.2, 0.25) is 6.29 Å². The minimum atomic E-state index is -4.02. The van der Waals surface area contributed by atoms with Crippen LogP contribution in [0.3, 0.4) is 0 Å². The zero-order valence-corrected chi connectivity index (χ0v) is 11.5. The Hall–Kier alpha value is -1.20. The van der Waals surface area contributed by atoms with E-state index in [2.05, 4.69) is 0 Å². The molecular formula is C12H17O6P. The second-order valence-electron chi connectivity index (χ2n) is 3.97. The first-order chi connectivity index (χ1) is 8.92. The number of rotatable bonds is 7. The van der Waals surface area contributed by atoms with Crippen molar-refractivity contribution in [1.82, 2.24) is 0 Å². The third-order valence-electron chi connectivity index (χ3n) is 2.40. The summed E-state index contributed by atoms with van der Waals surface area (Å²) in [5.41, 5.74) is 0.402. The van der Waals surface area contributed by atoms with Gasteiger partial charge >= 0.3 is 13.6 Å². The van der Waals surface area contributed by atoms with Crippen molar-refractivity contribution in [3.8, 4) is 0 Å². The lowest BCUT2D eigenvalue weighted by atomic mass is 10.2. The van der Waals surface area contributed by atoms with E-state index in [-0.39, 0.29) is 19.0 Å². The molecule has 1 rings (SSSR count). The molecule has 1 atom stereocenters. The maximum Gasteiger partial charge on any atom is 0.340 e. The van der Waals surface area contributed by atoms with Crippen LogP contribution in [0.4, 0.5) is 0 Å². The van der Waals surface area contributed by atoms with Crippen LogP contribution in [0.25, 0.3) is 0 Å². The van der Waals surface area contributed by atoms with Crippen LogP contribution in [0.15, 0.2) is 30.3 Å². The highest BCUT2D eigenvalue weighted by molar-refractivity contribution is 7.51. The van der Waals surface area contributed by atoms with Crippen LogP contribution in [-0.2, 0) is 14.0 Å². The van der Waals surface area contributed by atoms with Crippen molar-refractivity contribution in [1.29, 1.82) is 0 Å². The lowest BCUT2D eigenvalue weighted by molar-refractivity contribution is -0.0933. The zero-order valence-electron chi connectivity index (χ0n) is 10.6. The minimum absolute atomic E-state index is 0.213. The molecule has 19 heavy (non-hydrogen) atoms. The smallest absolute Gasteiger partial charge is 0.340 e. The molecule has 0 aliphatic carbocycles. The number of benzene rings is 1. The average molecular weight is 288 g/mol. The van der Waals surface area contributed by atoms with Crippen molar-refractivity contribution < 1.29 is 28.6 Å². The van der Waals surface area contributed by atoms with Gasteiger partial charge in [0, 0.05) is 13.5 Å². The van der Waals surface area contributed by atoms with Gasteiger partial charge in [0.25, 0.3) is 0 Å². The number of hydrogen-bond acceptors (Lipinski definition) is 4. The Morgan fingerprint density at radius 1 is 1.32 bits per heavy atom. The molecule has 0 fully saturated rings. The molecule has 0 aliphatic rings. The van der Waals surface area contributed by atoms with Crippen LogP contribution in [-0.4, -0.2) is 35.3 Å². The Morgan fingerprint density at radius 3 is 2.47 bits per heavy atom. The number of carbonyl (C=O) groups is 1.